The number of hydrogen-bond donors (Lipinski definition) is 2. The van der Waals surface area contributed by atoms with Gasteiger partial charge in [-0.05, 0) is 22.0 Å². The first kappa shape index (κ1) is 14.2. The monoisotopic (exact) mass is 323 g/mol. The zero-order valence-corrected chi connectivity index (χ0v) is 11.3. The van der Waals surface area contributed by atoms with Crippen LogP contribution in [0.2, 0.25) is 0 Å². The van der Waals surface area contributed by atoms with Gasteiger partial charge in [0.05, 0.1) is 5.69 Å². The Morgan fingerprint density at radius 1 is 1.76 bits per heavy atom. The molecule has 17 heavy (non-hydrogen) atoms. The summed E-state index contributed by atoms with van der Waals surface area (Å²) in [5.41, 5.74) is 0.696. The van der Waals surface area contributed by atoms with Gasteiger partial charge >= 0.3 is 0 Å². The number of anilines is 2. The number of aldehydes is 1. The van der Waals surface area contributed by atoms with Gasteiger partial charge in [-0.1, -0.05) is 0 Å². The lowest BCUT2D eigenvalue weighted by atomic mass is 10.3. The number of nitrogens with zero attached hydrogens (tertiary/aromatic N) is 1. The van der Waals surface area contributed by atoms with E-state index >= 15 is 0 Å². The molecule has 1 heterocycles. The third-order valence-electron chi connectivity index (χ3n) is 1.90. The highest BCUT2D eigenvalue weighted by Gasteiger charge is 2.10. The van der Waals surface area contributed by atoms with Gasteiger partial charge in [-0.15, -0.1) is 3.89 Å². The van der Waals surface area contributed by atoms with Crippen molar-refractivity contribution in [2.24, 2.45) is 0 Å². The van der Waals surface area contributed by atoms with E-state index in [0.717, 1.165) is 4.47 Å². The van der Waals surface area contributed by atoms with Gasteiger partial charge in [0.1, 0.15) is 11.9 Å². The Bertz CT molecular complexity index is 383. The minimum absolute atomic E-state index is 0.160. The van der Waals surface area contributed by atoms with E-state index in [4.69, 9.17) is 0 Å². The summed E-state index contributed by atoms with van der Waals surface area (Å²) < 4.78 is 17.1. The molecule has 0 spiro atoms. The molecule has 8 heteroatoms. The van der Waals surface area contributed by atoms with Crippen molar-refractivity contribution in [3.63, 3.8) is 0 Å². The molecule has 1 aromatic rings. The Morgan fingerprint density at radius 2 is 2.53 bits per heavy atom. The summed E-state index contributed by atoms with van der Waals surface area (Å²) in [5, 5.41) is 5.84. The summed E-state index contributed by atoms with van der Waals surface area (Å²) in [6, 6.07) is 1.79. The number of aromatic nitrogens is 1. The van der Waals surface area contributed by atoms with Crippen LogP contribution in [0.25, 0.3) is 0 Å². The van der Waals surface area contributed by atoms with Crippen LogP contribution in [0.15, 0.2) is 16.7 Å². The first-order valence-electron chi connectivity index (χ1n) is 4.67. The highest BCUT2D eigenvalue weighted by Crippen LogP contribution is 2.22. The Balaban J connectivity index is 2.66. The molecule has 94 valence electrons. The van der Waals surface area contributed by atoms with Gasteiger partial charge in [0.2, 0.25) is 12.4 Å². The molecule has 0 aliphatic heterocycles. The van der Waals surface area contributed by atoms with E-state index < -0.39 is 6.10 Å². The second-order valence-corrected chi connectivity index (χ2v) is 4.25. The van der Waals surface area contributed by atoms with Gasteiger partial charge in [0, 0.05) is 24.3 Å². The maximum Gasteiger partial charge on any atom is 0.208 e. The summed E-state index contributed by atoms with van der Waals surface area (Å²) in [4.78, 5) is 14.7. The smallest absolute Gasteiger partial charge is 0.208 e. The number of carbonyl (C=O) groups is 1. The van der Waals surface area contributed by atoms with E-state index in [0.29, 0.717) is 17.8 Å². The molecule has 1 aromatic heterocycles. The molecule has 0 bridgehead atoms. The van der Waals surface area contributed by atoms with Crippen molar-refractivity contribution in [2.75, 3.05) is 24.2 Å². The van der Waals surface area contributed by atoms with Gasteiger partial charge in [0.15, 0.2) is 6.29 Å². The van der Waals surface area contributed by atoms with Gasteiger partial charge in [0.25, 0.3) is 0 Å². The van der Waals surface area contributed by atoms with Crippen LogP contribution >= 0.6 is 28.4 Å². The minimum Gasteiger partial charge on any atom is -0.379 e. The molecular weight excluding hydrogens is 313 g/mol. The average Bonchev–Trinajstić information content (AvgIpc) is 2.34. The van der Waals surface area contributed by atoms with E-state index in [1.807, 2.05) is 0 Å². The number of nitrogens with one attached hydrogen (secondary N) is 2. The van der Waals surface area contributed by atoms with Crippen molar-refractivity contribution in [2.45, 2.75) is 6.10 Å². The molecule has 0 amide bonds. The fraction of sp³-hybridized carbons (Fsp3) is 0.333. The first-order valence-corrected chi connectivity index (χ1v) is 6.11. The van der Waals surface area contributed by atoms with Crippen LogP contribution in [-0.4, -0.2) is 31.0 Å². The second-order valence-electron chi connectivity index (χ2n) is 3.01. The highest BCUT2D eigenvalue weighted by molar-refractivity contribution is 9.10. The van der Waals surface area contributed by atoms with Gasteiger partial charge < -0.3 is 15.4 Å². The van der Waals surface area contributed by atoms with E-state index in [1.165, 1.54) is 0 Å². The molecule has 0 radical (unpaired) electrons. The molecule has 0 saturated carbocycles. The molecule has 0 aliphatic rings. The molecule has 1 unspecified atom stereocenters. The quantitative estimate of drug-likeness (QED) is 0.593. The Hall–Kier alpha value is -0.860. The normalized spacial score (nSPS) is 11.9. The summed E-state index contributed by atoms with van der Waals surface area (Å²) in [6.07, 6.45) is 1.32. The van der Waals surface area contributed by atoms with Crippen LogP contribution in [0.4, 0.5) is 15.4 Å². The van der Waals surface area contributed by atoms with Crippen LogP contribution in [-0.2, 0) is 8.98 Å². The Labute approximate surface area is 111 Å². The zero-order chi connectivity index (χ0) is 12.7. The molecule has 0 saturated heterocycles. The molecule has 5 nitrogen and oxygen atoms in total. The molecular formula is C9H11BrFN3O2S. The van der Waals surface area contributed by atoms with E-state index in [9.17, 15) is 8.68 Å². The van der Waals surface area contributed by atoms with Crippen molar-refractivity contribution >= 4 is 46.2 Å². The molecule has 0 fully saturated rings. The summed E-state index contributed by atoms with van der Waals surface area (Å²) >= 11 is 2.96. The van der Waals surface area contributed by atoms with Crippen LogP contribution in [0, 0.1) is 0 Å². The maximum absolute atomic E-state index is 11.8. The standard InChI is InChI=1S/C9H11BrFN3O2S/c1-12-9-8(2-6(10)3-14-9)13-4-7(5-15)16-17-11/h2-3,5,7,13H,4H2,1H3,(H,12,14). The Morgan fingerprint density at radius 3 is 3.12 bits per heavy atom. The topological polar surface area (TPSA) is 63.2 Å². The molecule has 1 rings (SSSR count). The molecule has 2 N–H and O–H groups in total. The van der Waals surface area contributed by atoms with Crippen LogP contribution in [0.3, 0.4) is 0 Å². The fourth-order valence-electron chi connectivity index (χ4n) is 1.14. The van der Waals surface area contributed by atoms with Crippen molar-refractivity contribution in [1.82, 2.24) is 4.98 Å². The molecule has 0 aromatic carbocycles. The number of hydrogen-bond acceptors (Lipinski definition) is 6. The molecule has 1 atom stereocenters. The van der Waals surface area contributed by atoms with Gasteiger partial charge in [-0.3, -0.25) is 4.18 Å². The maximum atomic E-state index is 11.8. The van der Waals surface area contributed by atoms with Gasteiger partial charge in [-0.2, -0.15) is 0 Å². The minimum atomic E-state index is -0.853. The van der Waals surface area contributed by atoms with Crippen molar-refractivity contribution < 1.29 is 12.9 Å². The van der Waals surface area contributed by atoms with Crippen molar-refractivity contribution in [3.8, 4) is 0 Å². The summed E-state index contributed by atoms with van der Waals surface area (Å²) in [7, 11) is 1.73. The zero-order valence-electron chi connectivity index (χ0n) is 8.94. The lowest BCUT2D eigenvalue weighted by Crippen LogP contribution is -2.22. The SMILES string of the molecule is CNc1ncc(Br)cc1NCC(C=O)OSF. The summed E-state index contributed by atoms with van der Waals surface area (Å²) in [5.74, 6) is 0.630. The fourth-order valence-corrected chi connectivity index (χ4v) is 1.67. The predicted molar refractivity (Wildman–Crippen MR) is 69.6 cm³/mol. The number of carbonyl (C=O) groups excluding carboxylic acids is 1. The number of rotatable bonds is 7. The number of halogens is 2. The second kappa shape index (κ2) is 7.46. The van der Waals surface area contributed by atoms with Gasteiger partial charge in [-0.25, -0.2) is 4.98 Å². The predicted octanol–water partition coefficient (Wildman–Crippen LogP) is 2.41. The third kappa shape index (κ3) is 4.49. The third-order valence-corrected chi connectivity index (χ3v) is 2.65. The van der Waals surface area contributed by atoms with E-state index in [1.54, 1.807) is 19.3 Å². The number of pyridine rings is 1. The Kier molecular flexibility index (Phi) is 6.23. The summed E-state index contributed by atoms with van der Waals surface area (Å²) in [6.45, 7) is 0.160. The van der Waals surface area contributed by atoms with Crippen LogP contribution < -0.4 is 10.6 Å². The largest absolute Gasteiger partial charge is 0.379 e. The van der Waals surface area contributed by atoms with E-state index in [-0.39, 0.29) is 19.0 Å². The van der Waals surface area contributed by atoms with Crippen molar-refractivity contribution in [3.05, 3.63) is 16.7 Å². The van der Waals surface area contributed by atoms with Crippen LogP contribution in [0.5, 0.6) is 0 Å². The van der Waals surface area contributed by atoms with Crippen molar-refractivity contribution in [1.29, 1.82) is 0 Å². The lowest BCUT2D eigenvalue weighted by Gasteiger charge is -2.13. The van der Waals surface area contributed by atoms with E-state index in [2.05, 4.69) is 35.7 Å². The average molecular weight is 324 g/mol. The van der Waals surface area contributed by atoms with Crippen LogP contribution in [0.1, 0.15) is 0 Å². The molecule has 0 aliphatic carbocycles. The highest BCUT2D eigenvalue weighted by atomic mass is 79.9. The first-order chi connectivity index (χ1) is 8.21. The lowest BCUT2D eigenvalue weighted by molar-refractivity contribution is -0.112.